The van der Waals surface area contributed by atoms with E-state index in [2.05, 4.69) is 51.5 Å². The maximum Gasteiger partial charge on any atom is 0.405 e. The Morgan fingerprint density at radius 3 is 2.14 bits per heavy atom. The molecule has 0 aromatic heterocycles. The van der Waals surface area contributed by atoms with Gasteiger partial charge in [0.1, 0.15) is 17.8 Å². The van der Waals surface area contributed by atoms with Crippen molar-refractivity contribution in [2.45, 2.75) is 30.9 Å². The maximum absolute atomic E-state index is 14.5. The van der Waals surface area contributed by atoms with E-state index in [0.29, 0.717) is 23.1 Å². The molecule has 0 bridgehead atoms. The number of hydrogen-bond donors (Lipinski definition) is 1. The summed E-state index contributed by atoms with van der Waals surface area (Å²) in [5.41, 5.74) is 4.71. The zero-order valence-electron chi connectivity index (χ0n) is 24.4. The molecular weight excluding hydrogens is 566 g/mol. The van der Waals surface area contributed by atoms with Crippen molar-refractivity contribution in [2.24, 2.45) is 0 Å². The van der Waals surface area contributed by atoms with Crippen LogP contribution in [0.1, 0.15) is 30.4 Å². The highest BCUT2D eigenvalue weighted by atomic mass is 19.4. The summed E-state index contributed by atoms with van der Waals surface area (Å²) in [4.78, 5) is 18.4. The Bertz CT molecular complexity index is 1600. The van der Waals surface area contributed by atoms with E-state index in [0.717, 1.165) is 44.7 Å². The first-order valence-corrected chi connectivity index (χ1v) is 15.1. The van der Waals surface area contributed by atoms with Crippen molar-refractivity contribution >= 4 is 11.6 Å². The Kier molecular flexibility index (Phi) is 8.45. The van der Waals surface area contributed by atoms with Gasteiger partial charge in [0.15, 0.2) is 0 Å². The highest BCUT2D eigenvalue weighted by Gasteiger charge is 2.49. The average molecular weight is 602 g/mol. The smallest absolute Gasteiger partial charge is 0.369 e. The summed E-state index contributed by atoms with van der Waals surface area (Å²) >= 11 is 0. The molecule has 1 amide bonds. The molecule has 8 heteroatoms. The molecule has 0 radical (unpaired) electrons. The van der Waals surface area contributed by atoms with E-state index in [1.807, 2.05) is 30.3 Å². The number of unbranched alkanes of at least 4 members (excludes halogenated alkanes) is 1. The topological polar surface area (TPSA) is 35.6 Å². The maximum atomic E-state index is 14.5. The van der Waals surface area contributed by atoms with E-state index < -0.39 is 29.9 Å². The van der Waals surface area contributed by atoms with Crippen LogP contribution >= 0.6 is 0 Å². The molecule has 4 aromatic rings. The van der Waals surface area contributed by atoms with Gasteiger partial charge in [0, 0.05) is 31.9 Å². The minimum atomic E-state index is -4.55. The number of halogens is 4. The molecule has 0 spiro atoms. The number of rotatable bonds is 9. The standard InChI is InChI=1S/C36H35F4N3O/c37-28-14-17-31-30-10-4-5-11-32(30)35(33(31)24-28,34(44)41-25-36(38,39)40)18-6-7-19-42-20-22-43(23-21-42)29-15-12-27(13-16-29)26-8-2-1-3-9-26/h1-5,8-17,24H,6-7,18-23,25H2,(H,41,44). The molecule has 0 saturated carbocycles. The SMILES string of the molecule is O=C(NCC(F)(F)F)C1(CCCCN2CCN(c3ccc(-c4ccccc4)cc3)CC2)c2ccccc2-c2ccc(F)cc21. The summed E-state index contributed by atoms with van der Waals surface area (Å²) in [5, 5.41) is 2.13. The highest BCUT2D eigenvalue weighted by Crippen LogP contribution is 2.52. The molecule has 228 valence electrons. The molecule has 1 unspecified atom stereocenters. The van der Waals surface area contributed by atoms with Gasteiger partial charge in [-0.1, -0.05) is 79.2 Å². The molecule has 1 atom stereocenters. The first-order chi connectivity index (χ1) is 21.2. The fourth-order valence-electron chi connectivity index (χ4n) is 6.75. The lowest BCUT2D eigenvalue weighted by Gasteiger charge is -2.36. The zero-order valence-corrected chi connectivity index (χ0v) is 24.4. The quantitative estimate of drug-likeness (QED) is 0.160. The van der Waals surface area contributed by atoms with Gasteiger partial charge >= 0.3 is 6.18 Å². The van der Waals surface area contributed by atoms with Crippen LogP contribution in [0, 0.1) is 5.82 Å². The van der Waals surface area contributed by atoms with Gasteiger partial charge in [-0.15, -0.1) is 0 Å². The van der Waals surface area contributed by atoms with Crippen LogP contribution in [-0.4, -0.2) is 56.3 Å². The highest BCUT2D eigenvalue weighted by molar-refractivity contribution is 6.00. The molecule has 1 N–H and O–H groups in total. The summed E-state index contributed by atoms with van der Waals surface area (Å²) in [6, 6.07) is 30.4. The molecule has 2 aliphatic rings. The monoisotopic (exact) mass is 601 g/mol. The van der Waals surface area contributed by atoms with Crippen molar-refractivity contribution in [1.29, 1.82) is 0 Å². The van der Waals surface area contributed by atoms with Crippen molar-refractivity contribution < 1.29 is 22.4 Å². The number of benzene rings is 4. The Morgan fingerprint density at radius 1 is 0.750 bits per heavy atom. The average Bonchev–Trinajstić information content (AvgIpc) is 3.32. The summed E-state index contributed by atoms with van der Waals surface area (Å²) < 4.78 is 53.9. The van der Waals surface area contributed by atoms with Crippen LogP contribution in [0.4, 0.5) is 23.2 Å². The van der Waals surface area contributed by atoms with Gasteiger partial charge in [-0.25, -0.2) is 4.39 Å². The van der Waals surface area contributed by atoms with E-state index in [9.17, 15) is 22.4 Å². The Hall–Kier alpha value is -4.17. The van der Waals surface area contributed by atoms with Gasteiger partial charge in [0.05, 0.1) is 0 Å². The third-order valence-electron chi connectivity index (χ3n) is 8.94. The van der Waals surface area contributed by atoms with Gasteiger partial charge in [-0.2, -0.15) is 13.2 Å². The number of alkyl halides is 3. The Labute approximate surface area is 255 Å². The fourth-order valence-corrected chi connectivity index (χ4v) is 6.75. The van der Waals surface area contributed by atoms with E-state index in [-0.39, 0.29) is 6.42 Å². The van der Waals surface area contributed by atoms with Crippen molar-refractivity contribution in [2.75, 3.05) is 44.2 Å². The largest absolute Gasteiger partial charge is 0.405 e. The number of amides is 1. The molecule has 1 heterocycles. The Morgan fingerprint density at radius 2 is 1.41 bits per heavy atom. The van der Waals surface area contributed by atoms with Gasteiger partial charge in [0.2, 0.25) is 5.91 Å². The zero-order chi connectivity index (χ0) is 30.7. The molecule has 1 fully saturated rings. The Balaban J connectivity index is 1.10. The normalized spacial score (nSPS) is 18.1. The molecular formula is C36H35F4N3O. The molecule has 44 heavy (non-hydrogen) atoms. The van der Waals surface area contributed by atoms with Crippen molar-refractivity contribution in [3.63, 3.8) is 0 Å². The lowest BCUT2D eigenvalue weighted by atomic mass is 9.73. The number of nitrogens with zero attached hydrogens (tertiary/aromatic N) is 2. The second-order valence-corrected chi connectivity index (χ2v) is 11.6. The van der Waals surface area contributed by atoms with E-state index >= 15 is 0 Å². The summed E-state index contributed by atoms with van der Waals surface area (Å²) in [6.07, 6.45) is -2.89. The molecule has 4 nitrogen and oxygen atoms in total. The molecule has 4 aromatic carbocycles. The number of carbonyl (C=O) groups is 1. The first-order valence-electron chi connectivity index (χ1n) is 15.1. The van der Waals surface area contributed by atoms with Crippen LogP contribution in [-0.2, 0) is 10.2 Å². The van der Waals surface area contributed by atoms with Gasteiger partial charge in [-0.3, -0.25) is 9.69 Å². The minimum Gasteiger partial charge on any atom is -0.369 e. The van der Waals surface area contributed by atoms with Crippen LogP contribution in [0.15, 0.2) is 97.1 Å². The molecule has 1 aliphatic carbocycles. The van der Waals surface area contributed by atoms with Gasteiger partial charge in [0.25, 0.3) is 0 Å². The number of hydrogen-bond acceptors (Lipinski definition) is 3. The number of carbonyl (C=O) groups excluding carboxylic acids is 1. The van der Waals surface area contributed by atoms with Crippen LogP contribution < -0.4 is 10.2 Å². The third kappa shape index (κ3) is 6.09. The fraction of sp³-hybridized carbons (Fsp3) is 0.306. The van der Waals surface area contributed by atoms with Crippen LogP contribution in [0.5, 0.6) is 0 Å². The molecule has 1 aliphatic heterocycles. The van der Waals surface area contributed by atoms with Crippen LogP contribution in [0.2, 0.25) is 0 Å². The van der Waals surface area contributed by atoms with E-state index in [1.54, 1.807) is 18.2 Å². The molecule has 6 rings (SSSR count). The van der Waals surface area contributed by atoms with E-state index in [4.69, 9.17) is 0 Å². The number of fused-ring (bicyclic) bond motifs is 3. The van der Waals surface area contributed by atoms with Crippen molar-refractivity contribution in [3.05, 3.63) is 114 Å². The lowest BCUT2D eigenvalue weighted by molar-refractivity contribution is -0.141. The summed E-state index contributed by atoms with van der Waals surface area (Å²) in [5.74, 6) is -1.25. The summed E-state index contributed by atoms with van der Waals surface area (Å²) in [7, 11) is 0. The number of nitrogens with one attached hydrogen (secondary N) is 1. The third-order valence-corrected chi connectivity index (χ3v) is 8.94. The predicted molar refractivity (Wildman–Crippen MR) is 166 cm³/mol. The van der Waals surface area contributed by atoms with Crippen LogP contribution in [0.25, 0.3) is 22.3 Å². The second-order valence-electron chi connectivity index (χ2n) is 11.6. The molecule has 1 saturated heterocycles. The predicted octanol–water partition coefficient (Wildman–Crippen LogP) is 7.43. The van der Waals surface area contributed by atoms with Gasteiger partial charge < -0.3 is 10.2 Å². The van der Waals surface area contributed by atoms with Crippen molar-refractivity contribution in [1.82, 2.24) is 10.2 Å². The number of piperazine rings is 1. The van der Waals surface area contributed by atoms with Gasteiger partial charge in [-0.05, 0) is 77.0 Å². The first kappa shape index (κ1) is 29.9. The second kappa shape index (κ2) is 12.4. The van der Waals surface area contributed by atoms with Crippen molar-refractivity contribution in [3.8, 4) is 22.3 Å². The minimum absolute atomic E-state index is 0.290. The van der Waals surface area contributed by atoms with E-state index in [1.165, 1.54) is 28.9 Å². The van der Waals surface area contributed by atoms with Crippen LogP contribution in [0.3, 0.4) is 0 Å². The number of anilines is 1. The summed E-state index contributed by atoms with van der Waals surface area (Å²) in [6.45, 7) is 2.98. The lowest BCUT2D eigenvalue weighted by Crippen LogP contribution is -2.47.